The molecule has 2 N–H and O–H groups in total. The van der Waals surface area contributed by atoms with Gasteiger partial charge in [-0.3, -0.25) is 9.69 Å². The SMILES string of the molecule is CN(C)C1(CN)CC(=O)c2ccccc21. The van der Waals surface area contributed by atoms with E-state index in [1.807, 2.05) is 38.4 Å². The Kier molecular flexibility index (Phi) is 2.37. The minimum atomic E-state index is -0.298. The van der Waals surface area contributed by atoms with Crippen molar-refractivity contribution in [2.75, 3.05) is 20.6 Å². The van der Waals surface area contributed by atoms with Crippen molar-refractivity contribution < 1.29 is 4.79 Å². The molecule has 0 radical (unpaired) electrons. The molecule has 0 spiro atoms. The van der Waals surface area contributed by atoms with Crippen LogP contribution in [0.25, 0.3) is 0 Å². The van der Waals surface area contributed by atoms with Gasteiger partial charge in [-0.05, 0) is 19.7 Å². The summed E-state index contributed by atoms with van der Waals surface area (Å²) in [5.41, 5.74) is 7.46. The van der Waals surface area contributed by atoms with E-state index >= 15 is 0 Å². The quantitative estimate of drug-likeness (QED) is 0.781. The maximum absolute atomic E-state index is 11.9. The number of benzene rings is 1. The van der Waals surface area contributed by atoms with E-state index in [0.29, 0.717) is 13.0 Å². The van der Waals surface area contributed by atoms with E-state index in [4.69, 9.17) is 5.73 Å². The van der Waals surface area contributed by atoms with Crippen LogP contribution < -0.4 is 5.73 Å². The molecule has 1 atom stereocenters. The zero-order valence-corrected chi connectivity index (χ0v) is 9.16. The first-order valence-electron chi connectivity index (χ1n) is 5.12. The molecule has 0 amide bonds. The van der Waals surface area contributed by atoms with Crippen LogP contribution in [0, 0.1) is 0 Å². The third-order valence-corrected chi connectivity index (χ3v) is 3.38. The van der Waals surface area contributed by atoms with Crippen molar-refractivity contribution in [1.82, 2.24) is 4.90 Å². The van der Waals surface area contributed by atoms with Crippen LogP contribution in [0.15, 0.2) is 24.3 Å². The van der Waals surface area contributed by atoms with Gasteiger partial charge in [-0.1, -0.05) is 24.3 Å². The Bertz CT molecular complexity index is 400. The van der Waals surface area contributed by atoms with Crippen LogP contribution in [-0.4, -0.2) is 31.3 Å². The smallest absolute Gasteiger partial charge is 0.165 e. The molecule has 3 nitrogen and oxygen atoms in total. The van der Waals surface area contributed by atoms with Crippen molar-refractivity contribution in [3.05, 3.63) is 35.4 Å². The fourth-order valence-electron chi connectivity index (χ4n) is 2.35. The second-order valence-electron chi connectivity index (χ2n) is 4.28. The highest BCUT2D eigenvalue weighted by Gasteiger charge is 2.43. The normalized spacial score (nSPS) is 24.7. The molecule has 0 heterocycles. The van der Waals surface area contributed by atoms with Gasteiger partial charge in [0.15, 0.2) is 5.78 Å². The van der Waals surface area contributed by atoms with Crippen molar-refractivity contribution in [2.24, 2.45) is 5.73 Å². The Morgan fingerprint density at radius 1 is 1.40 bits per heavy atom. The van der Waals surface area contributed by atoms with E-state index in [9.17, 15) is 4.79 Å². The Labute approximate surface area is 89.9 Å². The Hall–Kier alpha value is -1.19. The Morgan fingerprint density at radius 2 is 2.07 bits per heavy atom. The molecule has 0 aliphatic heterocycles. The van der Waals surface area contributed by atoms with Crippen molar-refractivity contribution in [3.63, 3.8) is 0 Å². The molecule has 80 valence electrons. The molecule has 2 rings (SSSR count). The van der Waals surface area contributed by atoms with Gasteiger partial charge in [0.2, 0.25) is 0 Å². The zero-order chi connectivity index (χ0) is 11.1. The van der Waals surface area contributed by atoms with Gasteiger partial charge in [0.25, 0.3) is 0 Å². The van der Waals surface area contributed by atoms with Crippen LogP contribution in [0.1, 0.15) is 22.3 Å². The standard InChI is InChI=1S/C12H16N2O/c1-14(2)12(8-13)7-11(15)9-5-3-4-6-10(9)12/h3-6H,7-8,13H2,1-2H3. The minimum Gasteiger partial charge on any atom is -0.328 e. The molecule has 0 aromatic heterocycles. The van der Waals surface area contributed by atoms with Crippen molar-refractivity contribution in [2.45, 2.75) is 12.0 Å². The van der Waals surface area contributed by atoms with Crippen LogP contribution in [0.3, 0.4) is 0 Å². The highest BCUT2D eigenvalue weighted by atomic mass is 16.1. The molecule has 0 saturated heterocycles. The number of Topliss-reactive ketones (excluding diaryl/α,β-unsaturated/α-hetero) is 1. The third-order valence-electron chi connectivity index (χ3n) is 3.38. The first-order chi connectivity index (χ1) is 7.12. The first kappa shape index (κ1) is 10.3. The predicted molar refractivity (Wildman–Crippen MR) is 59.8 cm³/mol. The summed E-state index contributed by atoms with van der Waals surface area (Å²) in [5.74, 6) is 0.199. The number of nitrogens with zero attached hydrogens (tertiary/aromatic N) is 1. The number of hydrogen-bond acceptors (Lipinski definition) is 3. The lowest BCUT2D eigenvalue weighted by atomic mass is 9.90. The lowest BCUT2D eigenvalue weighted by Crippen LogP contribution is -2.46. The summed E-state index contributed by atoms with van der Waals surface area (Å²) in [5, 5.41) is 0. The lowest BCUT2D eigenvalue weighted by Gasteiger charge is -2.35. The number of carbonyl (C=O) groups excluding carboxylic acids is 1. The van der Waals surface area contributed by atoms with Crippen molar-refractivity contribution >= 4 is 5.78 Å². The molecule has 1 aliphatic rings. The average molecular weight is 204 g/mol. The molecule has 1 aromatic carbocycles. The number of hydrogen-bond donors (Lipinski definition) is 1. The van der Waals surface area contributed by atoms with E-state index < -0.39 is 0 Å². The van der Waals surface area contributed by atoms with E-state index in [-0.39, 0.29) is 11.3 Å². The summed E-state index contributed by atoms with van der Waals surface area (Å²) < 4.78 is 0. The number of carbonyl (C=O) groups is 1. The van der Waals surface area contributed by atoms with Crippen molar-refractivity contribution in [3.8, 4) is 0 Å². The molecule has 15 heavy (non-hydrogen) atoms. The van der Waals surface area contributed by atoms with Gasteiger partial charge in [0.1, 0.15) is 0 Å². The maximum Gasteiger partial charge on any atom is 0.165 e. The van der Waals surface area contributed by atoms with Gasteiger partial charge in [-0.15, -0.1) is 0 Å². The molecule has 3 heteroatoms. The van der Waals surface area contributed by atoms with Crippen LogP contribution >= 0.6 is 0 Å². The van der Waals surface area contributed by atoms with Crippen LogP contribution in [-0.2, 0) is 5.54 Å². The fraction of sp³-hybridized carbons (Fsp3) is 0.417. The maximum atomic E-state index is 11.9. The van der Waals surface area contributed by atoms with E-state index in [1.54, 1.807) is 0 Å². The molecule has 0 fully saturated rings. The molecule has 1 aromatic rings. The summed E-state index contributed by atoms with van der Waals surface area (Å²) >= 11 is 0. The number of ketones is 1. The number of fused-ring (bicyclic) bond motifs is 1. The molecule has 1 aliphatic carbocycles. The first-order valence-corrected chi connectivity index (χ1v) is 5.12. The Morgan fingerprint density at radius 3 is 2.67 bits per heavy atom. The summed E-state index contributed by atoms with van der Waals surface area (Å²) in [6.07, 6.45) is 0.496. The molecule has 1 unspecified atom stereocenters. The topological polar surface area (TPSA) is 46.3 Å². The third kappa shape index (κ3) is 1.31. The summed E-state index contributed by atoms with van der Waals surface area (Å²) in [4.78, 5) is 13.9. The van der Waals surface area contributed by atoms with Crippen molar-refractivity contribution in [1.29, 1.82) is 0 Å². The average Bonchev–Trinajstić information content (AvgIpc) is 2.54. The Balaban J connectivity index is 2.60. The number of likely N-dealkylation sites (N-methyl/N-ethyl adjacent to an activating group) is 1. The zero-order valence-electron chi connectivity index (χ0n) is 9.16. The van der Waals surface area contributed by atoms with Crippen LogP contribution in [0.2, 0.25) is 0 Å². The second kappa shape index (κ2) is 3.43. The largest absolute Gasteiger partial charge is 0.328 e. The summed E-state index contributed by atoms with van der Waals surface area (Å²) in [6, 6.07) is 7.76. The van der Waals surface area contributed by atoms with Gasteiger partial charge in [0.05, 0.1) is 5.54 Å². The second-order valence-corrected chi connectivity index (χ2v) is 4.28. The van der Waals surface area contributed by atoms with E-state index in [1.165, 1.54) is 0 Å². The molecular formula is C12H16N2O. The van der Waals surface area contributed by atoms with Gasteiger partial charge < -0.3 is 5.73 Å². The van der Waals surface area contributed by atoms with Gasteiger partial charge >= 0.3 is 0 Å². The van der Waals surface area contributed by atoms with Crippen LogP contribution in [0.5, 0.6) is 0 Å². The molecule has 0 bridgehead atoms. The summed E-state index contributed by atoms with van der Waals surface area (Å²) in [6.45, 7) is 0.475. The monoisotopic (exact) mass is 204 g/mol. The lowest BCUT2D eigenvalue weighted by molar-refractivity contribution is 0.0899. The summed E-state index contributed by atoms with van der Waals surface area (Å²) in [7, 11) is 3.95. The predicted octanol–water partition coefficient (Wildman–Crippen LogP) is 0.989. The van der Waals surface area contributed by atoms with Gasteiger partial charge in [0, 0.05) is 18.5 Å². The van der Waals surface area contributed by atoms with Gasteiger partial charge in [-0.25, -0.2) is 0 Å². The highest BCUT2D eigenvalue weighted by molar-refractivity contribution is 6.02. The molecular weight excluding hydrogens is 188 g/mol. The van der Waals surface area contributed by atoms with Gasteiger partial charge in [-0.2, -0.15) is 0 Å². The number of rotatable bonds is 2. The minimum absolute atomic E-state index is 0.199. The fourth-order valence-corrected chi connectivity index (χ4v) is 2.35. The number of nitrogens with two attached hydrogens (primary N) is 1. The molecule has 0 saturated carbocycles. The highest BCUT2D eigenvalue weighted by Crippen LogP contribution is 2.39. The van der Waals surface area contributed by atoms with E-state index in [0.717, 1.165) is 11.1 Å². The van der Waals surface area contributed by atoms with Crippen LogP contribution in [0.4, 0.5) is 0 Å². The van der Waals surface area contributed by atoms with E-state index in [2.05, 4.69) is 4.90 Å².